The molecule has 0 aromatic heterocycles. The molecule has 0 spiro atoms. The van der Waals surface area contributed by atoms with E-state index in [1.54, 1.807) is 24.3 Å². The van der Waals surface area contributed by atoms with Gasteiger partial charge < -0.3 is 0 Å². The molecule has 0 saturated carbocycles. The van der Waals surface area contributed by atoms with E-state index in [0.29, 0.717) is 11.1 Å². The topological polar surface area (TPSA) is 49.9 Å². The zero-order valence-electron chi connectivity index (χ0n) is 16.3. The number of fused-ring (bicyclic) bond motifs is 6. The van der Waals surface area contributed by atoms with E-state index in [1.807, 2.05) is 17.2 Å². The summed E-state index contributed by atoms with van der Waals surface area (Å²) in [6.07, 6.45) is 1.33. The third-order valence-electron chi connectivity index (χ3n) is 6.32. The molecule has 0 aliphatic carbocycles. The maximum Gasteiger partial charge on any atom is 0.261 e. The molecule has 2 atom stereocenters. The van der Waals surface area contributed by atoms with E-state index < -0.39 is 0 Å². The lowest BCUT2D eigenvalue weighted by molar-refractivity contribution is 0.0405. The van der Waals surface area contributed by atoms with Crippen molar-refractivity contribution in [3.8, 4) is 0 Å². The Bertz CT molecular complexity index is 1100. The number of amides is 2. The van der Waals surface area contributed by atoms with Gasteiger partial charge in [0, 0.05) is 6.42 Å². The number of hydrogen-bond acceptors (Lipinski definition) is 4. The molecule has 1 fully saturated rings. The molecule has 0 radical (unpaired) electrons. The molecule has 0 unspecified atom stereocenters. The molecular formula is C25H20N2O3. The summed E-state index contributed by atoms with van der Waals surface area (Å²) in [5.41, 5.74) is 5.77. The molecule has 3 aromatic rings. The summed E-state index contributed by atoms with van der Waals surface area (Å²) < 4.78 is 0. The predicted molar refractivity (Wildman–Crippen MR) is 112 cm³/mol. The van der Waals surface area contributed by atoms with E-state index in [2.05, 4.69) is 36.4 Å². The average molecular weight is 396 g/mol. The summed E-state index contributed by atoms with van der Waals surface area (Å²) in [5, 5.41) is 1.99. The largest absolute Gasteiger partial charge is 0.272 e. The molecule has 0 N–H and O–H groups in total. The van der Waals surface area contributed by atoms with Crippen LogP contribution in [0.5, 0.6) is 0 Å². The molecule has 3 aliphatic heterocycles. The predicted octanol–water partition coefficient (Wildman–Crippen LogP) is 4.14. The number of benzene rings is 3. The average Bonchev–Trinajstić information content (AvgIpc) is 3.26. The SMILES string of the molecule is O=C1c2ccccc2C(=O)N1C[C@@H]1C[C@H]2c3ccccc3Cc3ccccc3N2O1. The monoisotopic (exact) mass is 396 g/mol. The molecule has 3 aromatic carbocycles. The lowest BCUT2D eigenvalue weighted by atomic mass is 9.95. The van der Waals surface area contributed by atoms with Gasteiger partial charge in [-0.15, -0.1) is 0 Å². The number of rotatable bonds is 2. The van der Waals surface area contributed by atoms with Crippen LogP contribution in [-0.2, 0) is 11.3 Å². The zero-order valence-corrected chi connectivity index (χ0v) is 16.3. The van der Waals surface area contributed by atoms with Gasteiger partial charge in [-0.2, -0.15) is 0 Å². The lowest BCUT2D eigenvalue weighted by Gasteiger charge is -2.25. The van der Waals surface area contributed by atoms with Gasteiger partial charge in [0.05, 0.1) is 29.4 Å². The van der Waals surface area contributed by atoms with Gasteiger partial charge >= 0.3 is 0 Å². The summed E-state index contributed by atoms with van der Waals surface area (Å²) in [5.74, 6) is -0.468. The molecule has 0 bridgehead atoms. The molecule has 30 heavy (non-hydrogen) atoms. The van der Waals surface area contributed by atoms with Crippen LogP contribution in [0.4, 0.5) is 5.69 Å². The van der Waals surface area contributed by atoms with Gasteiger partial charge in [-0.25, -0.2) is 5.06 Å². The molecule has 6 rings (SSSR count). The van der Waals surface area contributed by atoms with Gasteiger partial charge in [-0.1, -0.05) is 54.6 Å². The van der Waals surface area contributed by atoms with Gasteiger partial charge in [-0.05, 0) is 41.3 Å². The number of nitrogens with zero attached hydrogens (tertiary/aromatic N) is 2. The Morgan fingerprint density at radius 3 is 2.20 bits per heavy atom. The van der Waals surface area contributed by atoms with Crippen LogP contribution in [0.3, 0.4) is 0 Å². The van der Waals surface area contributed by atoms with Gasteiger partial charge in [-0.3, -0.25) is 19.3 Å². The lowest BCUT2D eigenvalue weighted by Crippen LogP contribution is -2.37. The molecule has 148 valence electrons. The molecule has 1 saturated heterocycles. The van der Waals surface area contributed by atoms with Crippen LogP contribution in [0.25, 0.3) is 0 Å². The smallest absolute Gasteiger partial charge is 0.261 e. The fourth-order valence-electron chi connectivity index (χ4n) is 4.92. The van der Waals surface area contributed by atoms with Crippen LogP contribution in [0.15, 0.2) is 72.8 Å². The van der Waals surface area contributed by atoms with Gasteiger partial charge in [0.1, 0.15) is 6.10 Å². The minimum atomic E-state index is -0.253. The summed E-state index contributed by atoms with van der Waals surface area (Å²) >= 11 is 0. The minimum Gasteiger partial charge on any atom is -0.272 e. The van der Waals surface area contributed by atoms with Crippen molar-refractivity contribution in [1.29, 1.82) is 0 Å². The highest BCUT2D eigenvalue weighted by atomic mass is 16.7. The quantitative estimate of drug-likeness (QED) is 0.611. The van der Waals surface area contributed by atoms with E-state index in [0.717, 1.165) is 18.5 Å². The summed E-state index contributed by atoms with van der Waals surface area (Å²) in [6, 6.07) is 23.8. The number of carbonyl (C=O) groups excluding carboxylic acids is 2. The Morgan fingerprint density at radius 1 is 0.800 bits per heavy atom. The van der Waals surface area contributed by atoms with Crippen LogP contribution in [0.1, 0.15) is 49.9 Å². The Labute approximate surface area is 174 Å². The van der Waals surface area contributed by atoms with Crippen LogP contribution in [0.2, 0.25) is 0 Å². The van der Waals surface area contributed by atoms with Crippen molar-refractivity contribution in [1.82, 2.24) is 4.90 Å². The van der Waals surface area contributed by atoms with Crippen molar-refractivity contribution < 1.29 is 14.4 Å². The first-order chi connectivity index (χ1) is 14.7. The highest BCUT2D eigenvalue weighted by Gasteiger charge is 2.43. The Hall–Kier alpha value is -3.44. The second-order valence-corrected chi connectivity index (χ2v) is 8.08. The van der Waals surface area contributed by atoms with Crippen molar-refractivity contribution in [3.05, 3.63) is 101 Å². The third kappa shape index (κ3) is 2.52. The van der Waals surface area contributed by atoms with E-state index in [-0.39, 0.29) is 30.5 Å². The van der Waals surface area contributed by atoms with Gasteiger partial charge in [0.2, 0.25) is 0 Å². The van der Waals surface area contributed by atoms with Gasteiger partial charge in [0.15, 0.2) is 0 Å². The Kier molecular flexibility index (Phi) is 3.80. The van der Waals surface area contributed by atoms with Crippen molar-refractivity contribution in [3.63, 3.8) is 0 Å². The summed E-state index contributed by atoms with van der Waals surface area (Å²) in [4.78, 5) is 33.3. The maximum atomic E-state index is 12.8. The standard InChI is InChI=1S/C25H20N2O3/c28-24-20-10-4-5-11-21(20)25(29)26(24)15-18-14-23-19-9-3-1-7-16(19)13-17-8-2-6-12-22(17)27(23)30-18/h1-12,18,23H,13-15H2/t18-,23-/m0/s1. The first-order valence-corrected chi connectivity index (χ1v) is 10.3. The van der Waals surface area contributed by atoms with Crippen LogP contribution in [-0.4, -0.2) is 29.4 Å². The highest BCUT2D eigenvalue weighted by molar-refractivity contribution is 6.21. The Morgan fingerprint density at radius 2 is 1.43 bits per heavy atom. The van der Waals surface area contributed by atoms with Crippen molar-refractivity contribution >= 4 is 17.5 Å². The molecule has 2 amide bonds. The van der Waals surface area contributed by atoms with E-state index in [1.165, 1.54) is 21.6 Å². The number of carbonyl (C=O) groups is 2. The number of hydrogen-bond donors (Lipinski definition) is 0. The van der Waals surface area contributed by atoms with Crippen molar-refractivity contribution in [2.45, 2.75) is 25.0 Å². The van der Waals surface area contributed by atoms with Crippen molar-refractivity contribution in [2.75, 3.05) is 11.6 Å². The minimum absolute atomic E-state index is 0.0602. The fourth-order valence-corrected chi connectivity index (χ4v) is 4.92. The molecule has 3 heterocycles. The maximum absolute atomic E-state index is 12.8. The summed E-state index contributed by atoms with van der Waals surface area (Å²) in [7, 11) is 0. The number of para-hydroxylation sites is 1. The number of imide groups is 1. The first kappa shape index (κ1) is 17.4. The van der Waals surface area contributed by atoms with Gasteiger partial charge in [0.25, 0.3) is 11.8 Å². The fraction of sp³-hybridized carbons (Fsp3) is 0.200. The second kappa shape index (κ2) is 6.54. The molecule has 3 aliphatic rings. The van der Waals surface area contributed by atoms with E-state index >= 15 is 0 Å². The zero-order chi connectivity index (χ0) is 20.2. The van der Waals surface area contributed by atoms with E-state index in [9.17, 15) is 9.59 Å². The molecule has 5 heteroatoms. The van der Waals surface area contributed by atoms with Crippen LogP contribution < -0.4 is 5.06 Å². The van der Waals surface area contributed by atoms with E-state index in [4.69, 9.17) is 4.84 Å². The third-order valence-corrected chi connectivity index (χ3v) is 6.32. The molecular weight excluding hydrogens is 376 g/mol. The highest BCUT2D eigenvalue weighted by Crippen LogP contribution is 2.44. The first-order valence-electron chi connectivity index (χ1n) is 10.3. The summed E-state index contributed by atoms with van der Waals surface area (Å²) in [6.45, 7) is 0.254. The van der Waals surface area contributed by atoms with Crippen LogP contribution in [0, 0.1) is 0 Å². The number of anilines is 1. The second-order valence-electron chi connectivity index (χ2n) is 8.08. The van der Waals surface area contributed by atoms with Crippen molar-refractivity contribution in [2.24, 2.45) is 0 Å². The molecule has 5 nitrogen and oxygen atoms in total. The van der Waals surface area contributed by atoms with Crippen LogP contribution >= 0.6 is 0 Å². The normalized spacial score (nSPS) is 21.7. The Balaban J connectivity index is 1.33. The number of hydroxylamine groups is 1.